The molecule has 146 valence electrons. The first kappa shape index (κ1) is 19.9. The molecule has 1 saturated carbocycles. The van der Waals surface area contributed by atoms with Crippen molar-refractivity contribution in [2.24, 2.45) is 5.92 Å². The Morgan fingerprint density at radius 3 is 2.31 bits per heavy atom. The Hall–Kier alpha value is -0.860. The van der Waals surface area contributed by atoms with Gasteiger partial charge in [-0.25, -0.2) is 0 Å². The van der Waals surface area contributed by atoms with E-state index in [9.17, 15) is 0 Å². The molecule has 4 atom stereocenters. The molecule has 0 aromatic heterocycles. The highest BCUT2D eigenvalue weighted by molar-refractivity contribution is 5.28. The van der Waals surface area contributed by atoms with Crippen LogP contribution in [0.15, 0.2) is 24.3 Å². The lowest BCUT2D eigenvalue weighted by atomic mass is 9.74. The molecule has 0 radical (unpaired) electrons. The first-order valence-electron chi connectivity index (χ1n) is 11.1. The smallest absolute Gasteiger partial charge is 0.106 e. The van der Waals surface area contributed by atoms with Gasteiger partial charge in [0.2, 0.25) is 0 Å². The summed E-state index contributed by atoms with van der Waals surface area (Å²) >= 11 is 0. The molecule has 0 spiro atoms. The zero-order valence-corrected chi connectivity index (χ0v) is 16.9. The predicted octanol–water partition coefficient (Wildman–Crippen LogP) is 6.80. The van der Waals surface area contributed by atoms with Gasteiger partial charge >= 0.3 is 0 Å². The average Bonchev–Trinajstić information content (AvgIpc) is 2.72. The topological polar surface area (TPSA) is 18.5 Å². The summed E-state index contributed by atoms with van der Waals surface area (Å²) in [6, 6.07) is 9.28. The predicted molar refractivity (Wildman–Crippen MR) is 109 cm³/mol. The Labute approximate surface area is 160 Å². The van der Waals surface area contributed by atoms with Crippen molar-refractivity contribution < 1.29 is 9.47 Å². The van der Waals surface area contributed by atoms with Gasteiger partial charge in [0.15, 0.2) is 0 Å². The molecule has 0 amide bonds. The lowest BCUT2D eigenvalue weighted by Crippen LogP contribution is -2.31. The van der Waals surface area contributed by atoms with Crippen LogP contribution in [0.4, 0.5) is 0 Å². The van der Waals surface area contributed by atoms with Gasteiger partial charge in [-0.1, -0.05) is 83.1 Å². The highest BCUT2D eigenvalue weighted by atomic mass is 16.6. The number of rotatable bonds is 8. The molecule has 2 aliphatic rings. The molecule has 2 heteroatoms. The van der Waals surface area contributed by atoms with Crippen LogP contribution in [0.2, 0.25) is 0 Å². The number of benzene rings is 1. The van der Waals surface area contributed by atoms with Crippen molar-refractivity contribution in [1.82, 2.24) is 0 Å². The summed E-state index contributed by atoms with van der Waals surface area (Å²) in [5.41, 5.74) is 2.81. The summed E-state index contributed by atoms with van der Waals surface area (Å²) in [4.78, 5) is 0. The van der Waals surface area contributed by atoms with Gasteiger partial charge in [0.25, 0.3) is 0 Å². The summed E-state index contributed by atoms with van der Waals surface area (Å²) in [7, 11) is 0. The standard InChI is InChI=1S/C24H38O2/c1-3-5-6-7-11-22-17-26-24(18-25-22)21-15-13-20(14-16-21)23-12-9-8-10-19(23)4-2/h13-16,19,22-24H,3-12,17-18H2,1-2H3/t19-,22+,23-,24+/m1/s1. The van der Waals surface area contributed by atoms with Crippen LogP contribution in [0, 0.1) is 5.92 Å². The van der Waals surface area contributed by atoms with Crippen LogP contribution >= 0.6 is 0 Å². The Bertz CT molecular complexity index is 501. The zero-order valence-electron chi connectivity index (χ0n) is 16.9. The number of unbranched alkanes of at least 4 members (excludes halogenated alkanes) is 3. The van der Waals surface area contributed by atoms with E-state index in [2.05, 4.69) is 38.1 Å². The normalized spacial score (nSPS) is 29.6. The maximum atomic E-state index is 6.14. The van der Waals surface area contributed by atoms with E-state index in [1.54, 1.807) is 0 Å². The Morgan fingerprint density at radius 1 is 0.846 bits per heavy atom. The average molecular weight is 359 g/mol. The van der Waals surface area contributed by atoms with Crippen LogP contribution in [-0.2, 0) is 9.47 Å². The molecular formula is C24H38O2. The van der Waals surface area contributed by atoms with Gasteiger partial charge in [0.1, 0.15) is 6.10 Å². The molecule has 2 nitrogen and oxygen atoms in total. The van der Waals surface area contributed by atoms with Crippen molar-refractivity contribution in [1.29, 1.82) is 0 Å². The van der Waals surface area contributed by atoms with Gasteiger partial charge in [-0.3, -0.25) is 0 Å². The lowest BCUT2D eigenvalue weighted by Gasteiger charge is -2.32. The SMILES string of the molecule is CCCCCC[C@H]1CO[C@H](c2ccc([C@@H]3CCCC[C@H]3CC)cc2)CO1. The fourth-order valence-electron chi connectivity index (χ4n) is 4.79. The first-order chi connectivity index (χ1) is 12.8. The van der Waals surface area contributed by atoms with E-state index >= 15 is 0 Å². The van der Waals surface area contributed by atoms with Crippen LogP contribution in [0.25, 0.3) is 0 Å². The van der Waals surface area contributed by atoms with Gasteiger partial charge in [-0.05, 0) is 42.2 Å². The van der Waals surface area contributed by atoms with E-state index in [1.807, 2.05) is 0 Å². The second-order valence-electron chi connectivity index (χ2n) is 8.35. The minimum absolute atomic E-state index is 0.115. The maximum Gasteiger partial charge on any atom is 0.106 e. The van der Waals surface area contributed by atoms with Gasteiger partial charge in [-0.15, -0.1) is 0 Å². The summed E-state index contributed by atoms with van der Waals surface area (Å²) < 4.78 is 12.2. The Balaban J connectivity index is 1.48. The molecule has 26 heavy (non-hydrogen) atoms. The van der Waals surface area contributed by atoms with Gasteiger partial charge in [0.05, 0.1) is 19.3 Å². The molecule has 1 aliphatic carbocycles. The number of hydrogen-bond donors (Lipinski definition) is 0. The number of hydrogen-bond acceptors (Lipinski definition) is 2. The number of ether oxygens (including phenoxy) is 2. The minimum Gasteiger partial charge on any atom is -0.373 e. The summed E-state index contributed by atoms with van der Waals surface area (Å²) in [5, 5.41) is 0. The van der Waals surface area contributed by atoms with Crippen LogP contribution in [0.3, 0.4) is 0 Å². The van der Waals surface area contributed by atoms with Crippen molar-refractivity contribution in [2.45, 2.75) is 96.2 Å². The fourth-order valence-corrected chi connectivity index (χ4v) is 4.79. The molecule has 1 saturated heterocycles. The van der Waals surface area contributed by atoms with Crippen LogP contribution < -0.4 is 0 Å². The zero-order chi connectivity index (χ0) is 18.2. The van der Waals surface area contributed by atoms with E-state index in [0.29, 0.717) is 12.7 Å². The van der Waals surface area contributed by atoms with Crippen LogP contribution in [0.5, 0.6) is 0 Å². The molecule has 1 aromatic rings. The molecule has 1 heterocycles. The molecule has 3 rings (SSSR count). The third kappa shape index (κ3) is 5.33. The highest BCUT2D eigenvalue weighted by Crippen LogP contribution is 2.39. The van der Waals surface area contributed by atoms with Crippen LogP contribution in [-0.4, -0.2) is 19.3 Å². The molecule has 1 aliphatic heterocycles. The largest absolute Gasteiger partial charge is 0.373 e. The van der Waals surface area contributed by atoms with E-state index in [-0.39, 0.29) is 6.10 Å². The van der Waals surface area contributed by atoms with E-state index in [0.717, 1.165) is 24.9 Å². The molecular weight excluding hydrogens is 320 g/mol. The monoisotopic (exact) mass is 358 g/mol. The lowest BCUT2D eigenvalue weighted by molar-refractivity contribution is -0.137. The first-order valence-corrected chi connectivity index (χ1v) is 11.1. The van der Waals surface area contributed by atoms with Crippen molar-refractivity contribution in [3.8, 4) is 0 Å². The third-order valence-electron chi connectivity index (χ3n) is 6.52. The van der Waals surface area contributed by atoms with E-state index in [1.165, 1.54) is 68.9 Å². The second-order valence-corrected chi connectivity index (χ2v) is 8.35. The van der Waals surface area contributed by atoms with Crippen molar-refractivity contribution in [3.05, 3.63) is 35.4 Å². The van der Waals surface area contributed by atoms with E-state index in [4.69, 9.17) is 9.47 Å². The Morgan fingerprint density at radius 2 is 1.62 bits per heavy atom. The van der Waals surface area contributed by atoms with Crippen molar-refractivity contribution >= 4 is 0 Å². The third-order valence-corrected chi connectivity index (χ3v) is 6.52. The second kappa shape index (κ2) is 10.5. The summed E-state index contributed by atoms with van der Waals surface area (Å²) in [5.74, 6) is 1.64. The minimum atomic E-state index is 0.115. The van der Waals surface area contributed by atoms with Crippen LogP contribution in [0.1, 0.15) is 101 Å². The molecule has 0 bridgehead atoms. The molecule has 0 N–H and O–H groups in total. The fraction of sp³-hybridized carbons (Fsp3) is 0.750. The van der Waals surface area contributed by atoms with Crippen molar-refractivity contribution in [2.75, 3.05) is 13.2 Å². The molecule has 0 unspecified atom stereocenters. The van der Waals surface area contributed by atoms with E-state index < -0.39 is 0 Å². The highest BCUT2D eigenvalue weighted by Gasteiger charge is 2.26. The summed E-state index contributed by atoms with van der Waals surface area (Å²) in [6.45, 7) is 6.06. The quantitative estimate of drug-likeness (QED) is 0.476. The Kier molecular flexibility index (Phi) is 8.01. The maximum absolute atomic E-state index is 6.14. The summed E-state index contributed by atoms with van der Waals surface area (Å²) in [6.07, 6.45) is 13.7. The van der Waals surface area contributed by atoms with Gasteiger partial charge in [-0.2, -0.15) is 0 Å². The van der Waals surface area contributed by atoms with Gasteiger partial charge < -0.3 is 9.47 Å². The van der Waals surface area contributed by atoms with Gasteiger partial charge in [0, 0.05) is 0 Å². The molecule has 2 fully saturated rings. The van der Waals surface area contributed by atoms with Crippen molar-refractivity contribution in [3.63, 3.8) is 0 Å². The molecule has 1 aromatic carbocycles.